The third-order valence-corrected chi connectivity index (χ3v) is 4.39. The molecule has 3 heterocycles. The van der Waals surface area contributed by atoms with Crippen molar-refractivity contribution in [2.75, 3.05) is 26.3 Å². The standard InChI is InChI=1S/C14H22N4OS/c1-11(2)15-7-13-10-19-5-3-17(13)8-12-9-18-4-6-20-14(18)16-12/h4,6,9,11,13,15H,3,5,7-8,10H2,1-2H3. The van der Waals surface area contributed by atoms with E-state index < -0.39 is 0 Å². The van der Waals surface area contributed by atoms with Gasteiger partial charge in [0.25, 0.3) is 0 Å². The summed E-state index contributed by atoms with van der Waals surface area (Å²) in [5.74, 6) is 0. The summed E-state index contributed by atoms with van der Waals surface area (Å²) in [6.45, 7) is 8.84. The highest BCUT2D eigenvalue weighted by Crippen LogP contribution is 2.15. The fourth-order valence-electron chi connectivity index (χ4n) is 2.52. The molecule has 0 aromatic carbocycles. The lowest BCUT2D eigenvalue weighted by molar-refractivity contribution is -0.0119. The molecule has 1 N–H and O–H groups in total. The van der Waals surface area contributed by atoms with Crippen molar-refractivity contribution in [3.63, 3.8) is 0 Å². The van der Waals surface area contributed by atoms with E-state index in [9.17, 15) is 0 Å². The van der Waals surface area contributed by atoms with Gasteiger partial charge in [0.1, 0.15) is 0 Å². The Balaban J connectivity index is 1.65. The van der Waals surface area contributed by atoms with Crippen molar-refractivity contribution in [1.82, 2.24) is 19.6 Å². The average Bonchev–Trinajstić information content (AvgIpc) is 2.98. The number of nitrogens with one attached hydrogen (secondary N) is 1. The first-order valence-corrected chi connectivity index (χ1v) is 8.06. The monoisotopic (exact) mass is 294 g/mol. The molecule has 1 atom stereocenters. The Morgan fingerprint density at radius 1 is 1.55 bits per heavy atom. The summed E-state index contributed by atoms with van der Waals surface area (Å²) in [5.41, 5.74) is 1.15. The largest absolute Gasteiger partial charge is 0.378 e. The Labute approximate surface area is 123 Å². The lowest BCUT2D eigenvalue weighted by Gasteiger charge is -2.35. The van der Waals surface area contributed by atoms with Gasteiger partial charge in [-0.05, 0) is 0 Å². The Hall–Kier alpha value is -0.950. The zero-order valence-corrected chi connectivity index (χ0v) is 12.9. The Morgan fingerprint density at radius 3 is 3.25 bits per heavy atom. The number of fused-ring (bicyclic) bond motifs is 1. The topological polar surface area (TPSA) is 41.8 Å². The highest BCUT2D eigenvalue weighted by atomic mass is 32.1. The van der Waals surface area contributed by atoms with Crippen molar-refractivity contribution in [3.05, 3.63) is 23.5 Å². The van der Waals surface area contributed by atoms with Gasteiger partial charge in [-0.25, -0.2) is 4.98 Å². The molecule has 6 heteroatoms. The van der Waals surface area contributed by atoms with E-state index in [0.717, 1.165) is 43.5 Å². The van der Waals surface area contributed by atoms with E-state index in [1.54, 1.807) is 11.3 Å². The first kappa shape index (κ1) is 14.0. The van der Waals surface area contributed by atoms with E-state index in [-0.39, 0.29) is 0 Å². The minimum atomic E-state index is 0.436. The molecule has 0 spiro atoms. The third kappa shape index (κ3) is 3.20. The van der Waals surface area contributed by atoms with Gasteiger partial charge < -0.3 is 10.1 Å². The van der Waals surface area contributed by atoms with Gasteiger partial charge in [0, 0.05) is 49.5 Å². The molecule has 1 saturated heterocycles. The van der Waals surface area contributed by atoms with Gasteiger partial charge in [0.05, 0.1) is 18.9 Å². The second kappa shape index (κ2) is 6.22. The van der Waals surface area contributed by atoms with Crippen molar-refractivity contribution >= 4 is 16.3 Å². The van der Waals surface area contributed by atoms with Crippen LogP contribution in [0.25, 0.3) is 4.96 Å². The number of thiazole rings is 1. The van der Waals surface area contributed by atoms with Crippen LogP contribution in [0.4, 0.5) is 0 Å². The molecule has 1 fully saturated rings. The molecule has 1 aliphatic rings. The molecule has 5 nitrogen and oxygen atoms in total. The zero-order valence-electron chi connectivity index (χ0n) is 12.1. The number of rotatable bonds is 5. The maximum atomic E-state index is 5.62. The second-order valence-corrected chi connectivity index (χ2v) is 6.46. The van der Waals surface area contributed by atoms with Crippen molar-refractivity contribution < 1.29 is 4.74 Å². The number of morpholine rings is 1. The Morgan fingerprint density at radius 2 is 2.45 bits per heavy atom. The van der Waals surface area contributed by atoms with Crippen molar-refractivity contribution in [3.8, 4) is 0 Å². The first-order chi connectivity index (χ1) is 9.72. The van der Waals surface area contributed by atoms with Crippen LogP contribution in [0.15, 0.2) is 17.8 Å². The van der Waals surface area contributed by atoms with Crippen molar-refractivity contribution in [2.45, 2.75) is 32.5 Å². The van der Waals surface area contributed by atoms with E-state index in [4.69, 9.17) is 4.74 Å². The normalized spacial score (nSPS) is 21.1. The van der Waals surface area contributed by atoms with Crippen LogP contribution >= 0.6 is 11.3 Å². The number of hydrogen-bond acceptors (Lipinski definition) is 5. The maximum absolute atomic E-state index is 5.62. The van der Waals surface area contributed by atoms with Gasteiger partial charge in [-0.3, -0.25) is 9.30 Å². The summed E-state index contributed by atoms with van der Waals surface area (Å²) >= 11 is 1.68. The lowest BCUT2D eigenvalue weighted by atomic mass is 10.2. The quantitative estimate of drug-likeness (QED) is 0.909. The summed E-state index contributed by atoms with van der Waals surface area (Å²) in [4.78, 5) is 8.23. The van der Waals surface area contributed by atoms with Crippen LogP contribution in [-0.4, -0.2) is 52.7 Å². The predicted molar refractivity (Wildman–Crippen MR) is 81.2 cm³/mol. The van der Waals surface area contributed by atoms with E-state index in [0.29, 0.717) is 12.1 Å². The minimum absolute atomic E-state index is 0.436. The molecule has 1 unspecified atom stereocenters. The number of nitrogens with zero attached hydrogens (tertiary/aromatic N) is 3. The fraction of sp³-hybridized carbons (Fsp3) is 0.643. The van der Waals surface area contributed by atoms with Crippen LogP contribution in [0.1, 0.15) is 19.5 Å². The lowest BCUT2D eigenvalue weighted by Crippen LogP contribution is -2.50. The average molecular weight is 294 g/mol. The van der Waals surface area contributed by atoms with Gasteiger partial charge in [-0.1, -0.05) is 13.8 Å². The predicted octanol–water partition coefficient (Wildman–Crippen LogP) is 1.59. The molecule has 20 heavy (non-hydrogen) atoms. The number of imidazole rings is 1. The van der Waals surface area contributed by atoms with Gasteiger partial charge in [-0.2, -0.15) is 0 Å². The highest BCUT2D eigenvalue weighted by molar-refractivity contribution is 7.15. The van der Waals surface area contributed by atoms with E-state index in [1.165, 1.54) is 0 Å². The van der Waals surface area contributed by atoms with Crippen LogP contribution in [0.5, 0.6) is 0 Å². The smallest absolute Gasteiger partial charge is 0.193 e. The molecular formula is C14H22N4OS. The SMILES string of the molecule is CC(C)NCC1COCCN1Cc1cn2ccsc2n1. The zero-order chi connectivity index (χ0) is 13.9. The fourth-order valence-corrected chi connectivity index (χ4v) is 3.24. The van der Waals surface area contributed by atoms with Crippen LogP contribution in [0.3, 0.4) is 0 Å². The Kier molecular flexibility index (Phi) is 4.35. The third-order valence-electron chi connectivity index (χ3n) is 3.62. The van der Waals surface area contributed by atoms with Crippen molar-refractivity contribution in [2.24, 2.45) is 0 Å². The molecule has 0 saturated carbocycles. The van der Waals surface area contributed by atoms with E-state index in [1.807, 2.05) is 0 Å². The molecule has 110 valence electrons. The van der Waals surface area contributed by atoms with Gasteiger partial charge in [0.15, 0.2) is 4.96 Å². The van der Waals surface area contributed by atoms with E-state index in [2.05, 4.69) is 51.2 Å². The number of aromatic nitrogens is 2. The maximum Gasteiger partial charge on any atom is 0.193 e. The van der Waals surface area contributed by atoms with Crippen LogP contribution in [0, 0.1) is 0 Å². The van der Waals surface area contributed by atoms with Gasteiger partial charge >= 0.3 is 0 Å². The molecule has 0 aliphatic carbocycles. The van der Waals surface area contributed by atoms with Crippen LogP contribution in [-0.2, 0) is 11.3 Å². The molecular weight excluding hydrogens is 272 g/mol. The summed E-state index contributed by atoms with van der Waals surface area (Å²) in [7, 11) is 0. The molecule has 1 aliphatic heterocycles. The molecule has 2 aromatic rings. The first-order valence-electron chi connectivity index (χ1n) is 7.18. The Bertz CT molecular complexity index is 522. The molecule has 0 radical (unpaired) electrons. The summed E-state index contributed by atoms with van der Waals surface area (Å²) < 4.78 is 7.72. The molecule has 0 bridgehead atoms. The number of ether oxygens (including phenoxy) is 1. The van der Waals surface area contributed by atoms with Gasteiger partial charge in [-0.15, -0.1) is 11.3 Å². The van der Waals surface area contributed by atoms with Crippen LogP contribution in [0.2, 0.25) is 0 Å². The summed E-state index contributed by atoms with van der Waals surface area (Å²) in [6, 6.07) is 0.947. The minimum Gasteiger partial charge on any atom is -0.378 e. The van der Waals surface area contributed by atoms with Crippen LogP contribution < -0.4 is 5.32 Å². The summed E-state index contributed by atoms with van der Waals surface area (Å²) in [6.07, 6.45) is 4.20. The highest BCUT2D eigenvalue weighted by Gasteiger charge is 2.23. The van der Waals surface area contributed by atoms with Gasteiger partial charge in [0.2, 0.25) is 0 Å². The second-order valence-electron chi connectivity index (χ2n) is 5.59. The van der Waals surface area contributed by atoms with E-state index >= 15 is 0 Å². The summed E-state index contributed by atoms with van der Waals surface area (Å²) in [5, 5.41) is 5.57. The molecule has 0 amide bonds. The van der Waals surface area contributed by atoms with Crippen molar-refractivity contribution in [1.29, 1.82) is 0 Å². The molecule has 3 rings (SSSR count). The molecule has 2 aromatic heterocycles. The number of hydrogen-bond donors (Lipinski definition) is 1.